The summed E-state index contributed by atoms with van der Waals surface area (Å²) in [4.78, 5) is 36.4. The van der Waals surface area contributed by atoms with Gasteiger partial charge in [0.1, 0.15) is 0 Å². The second kappa shape index (κ2) is 8.31. The van der Waals surface area contributed by atoms with Crippen LogP contribution in [0.5, 0.6) is 0 Å². The summed E-state index contributed by atoms with van der Waals surface area (Å²) in [5.74, 6) is 0.312. The highest BCUT2D eigenvalue weighted by atomic mass is 32.2. The van der Waals surface area contributed by atoms with Gasteiger partial charge in [-0.3, -0.25) is 9.59 Å². The third kappa shape index (κ3) is 4.52. The zero-order valence-corrected chi connectivity index (χ0v) is 16.7. The minimum atomic E-state index is -0.136. The van der Waals surface area contributed by atoms with Crippen LogP contribution >= 0.6 is 11.8 Å². The average molecular weight is 397 g/mol. The van der Waals surface area contributed by atoms with Crippen LogP contribution in [-0.4, -0.2) is 39.8 Å². The molecule has 1 atom stereocenters. The van der Waals surface area contributed by atoms with Crippen molar-refractivity contribution in [3.05, 3.63) is 42.2 Å². The van der Waals surface area contributed by atoms with Gasteiger partial charge in [-0.05, 0) is 74.2 Å². The molecule has 1 unspecified atom stereocenters. The smallest absolute Gasteiger partial charge is 0.229 e. The molecule has 6 nitrogen and oxygen atoms in total. The molecule has 0 bridgehead atoms. The molecule has 4 rings (SSSR count). The van der Waals surface area contributed by atoms with Crippen molar-refractivity contribution < 1.29 is 9.59 Å². The zero-order valence-electron chi connectivity index (χ0n) is 15.9. The van der Waals surface area contributed by atoms with E-state index in [9.17, 15) is 9.59 Å². The van der Waals surface area contributed by atoms with Gasteiger partial charge in [-0.15, -0.1) is 0 Å². The first-order valence-corrected chi connectivity index (χ1v) is 10.6. The van der Waals surface area contributed by atoms with E-state index in [2.05, 4.69) is 15.3 Å². The number of carbonyl (C=O) groups is 2. The lowest BCUT2D eigenvalue weighted by Gasteiger charge is -2.32. The Bertz CT molecular complexity index is 870. The predicted molar refractivity (Wildman–Crippen MR) is 108 cm³/mol. The second-order valence-corrected chi connectivity index (χ2v) is 8.54. The summed E-state index contributed by atoms with van der Waals surface area (Å²) in [6.07, 6.45) is 7.17. The van der Waals surface area contributed by atoms with E-state index in [0.717, 1.165) is 48.4 Å². The minimum Gasteiger partial charge on any atom is -0.342 e. The van der Waals surface area contributed by atoms with Crippen molar-refractivity contribution >= 4 is 29.3 Å². The lowest BCUT2D eigenvalue weighted by molar-refractivity contribution is -0.135. The topological polar surface area (TPSA) is 75.2 Å². The Morgan fingerprint density at radius 1 is 1.14 bits per heavy atom. The van der Waals surface area contributed by atoms with Crippen LogP contribution in [-0.2, 0) is 9.59 Å². The van der Waals surface area contributed by atoms with E-state index < -0.39 is 0 Å². The highest BCUT2D eigenvalue weighted by molar-refractivity contribution is 7.99. The Morgan fingerprint density at radius 2 is 1.93 bits per heavy atom. The lowest BCUT2D eigenvalue weighted by atomic mass is 9.96. The van der Waals surface area contributed by atoms with Crippen molar-refractivity contribution in [2.24, 2.45) is 11.8 Å². The van der Waals surface area contributed by atoms with E-state index in [1.165, 1.54) is 11.8 Å². The molecule has 7 heteroatoms. The van der Waals surface area contributed by atoms with Crippen LogP contribution in [0.4, 0.5) is 5.69 Å². The van der Waals surface area contributed by atoms with Gasteiger partial charge in [-0.2, -0.15) is 0 Å². The van der Waals surface area contributed by atoms with Crippen LogP contribution in [0.25, 0.3) is 0 Å². The number of anilines is 1. The minimum absolute atomic E-state index is 0.00296. The molecule has 0 radical (unpaired) electrons. The van der Waals surface area contributed by atoms with Crippen molar-refractivity contribution in [3.63, 3.8) is 0 Å². The molecular formula is C21H24N4O2S. The summed E-state index contributed by atoms with van der Waals surface area (Å²) in [7, 11) is 0. The van der Waals surface area contributed by atoms with E-state index in [-0.39, 0.29) is 23.7 Å². The van der Waals surface area contributed by atoms with Gasteiger partial charge in [0, 0.05) is 42.0 Å². The SMILES string of the molecule is Cc1cc(Sc2ncccn2)ccc1NC(=O)C1CCCN(C(=O)C2CC2)C1. The van der Waals surface area contributed by atoms with E-state index in [1.807, 2.05) is 30.0 Å². The zero-order chi connectivity index (χ0) is 19.5. The largest absolute Gasteiger partial charge is 0.342 e. The number of hydrogen-bond donors (Lipinski definition) is 1. The third-order valence-corrected chi connectivity index (χ3v) is 6.12. The molecule has 1 aromatic carbocycles. The highest BCUT2D eigenvalue weighted by Gasteiger charge is 2.36. The van der Waals surface area contributed by atoms with E-state index >= 15 is 0 Å². The number of aromatic nitrogens is 2. The molecule has 1 saturated carbocycles. The van der Waals surface area contributed by atoms with Crippen LogP contribution in [0, 0.1) is 18.8 Å². The van der Waals surface area contributed by atoms with E-state index in [1.54, 1.807) is 18.5 Å². The molecule has 1 saturated heterocycles. The van der Waals surface area contributed by atoms with Crippen molar-refractivity contribution in [2.75, 3.05) is 18.4 Å². The maximum absolute atomic E-state index is 12.8. The summed E-state index contributed by atoms with van der Waals surface area (Å²) < 4.78 is 0. The van der Waals surface area contributed by atoms with Gasteiger partial charge in [-0.25, -0.2) is 9.97 Å². The van der Waals surface area contributed by atoms with Gasteiger partial charge in [0.15, 0.2) is 5.16 Å². The maximum Gasteiger partial charge on any atom is 0.229 e. The number of benzene rings is 1. The molecular weight excluding hydrogens is 372 g/mol. The maximum atomic E-state index is 12.8. The standard InChI is InChI=1S/C21H24N4O2S/c1-14-12-17(28-21-22-9-3-10-23-21)7-8-18(14)24-19(26)16-4-2-11-25(13-16)20(27)15-5-6-15/h3,7-10,12,15-16H,2,4-6,11,13H2,1H3,(H,24,26). The van der Waals surface area contributed by atoms with Gasteiger partial charge in [0.2, 0.25) is 11.8 Å². The first kappa shape index (κ1) is 18.9. The summed E-state index contributed by atoms with van der Waals surface area (Å²) >= 11 is 1.49. The summed E-state index contributed by atoms with van der Waals surface area (Å²) in [6, 6.07) is 7.71. The number of hydrogen-bond acceptors (Lipinski definition) is 5. The number of amides is 2. The van der Waals surface area contributed by atoms with Crippen molar-refractivity contribution in [3.8, 4) is 0 Å². The van der Waals surface area contributed by atoms with Gasteiger partial charge in [0.25, 0.3) is 0 Å². The fraction of sp³-hybridized carbons (Fsp3) is 0.429. The molecule has 2 aromatic rings. The van der Waals surface area contributed by atoms with Gasteiger partial charge in [0.05, 0.1) is 5.92 Å². The molecule has 0 spiro atoms. The third-order valence-electron chi connectivity index (χ3n) is 5.24. The summed E-state index contributed by atoms with van der Waals surface area (Å²) in [6.45, 7) is 3.31. The van der Waals surface area contributed by atoms with Crippen molar-refractivity contribution in [1.82, 2.24) is 14.9 Å². The fourth-order valence-corrected chi connectivity index (χ4v) is 4.31. The molecule has 2 aliphatic rings. The fourth-order valence-electron chi connectivity index (χ4n) is 3.50. The average Bonchev–Trinajstić information content (AvgIpc) is 3.56. The Hall–Kier alpha value is -2.41. The number of carbonyl (C=O) groups excluding carboxylic acids is 2. The number of aryl methyl sites for hydroxylation is 1. The number of nitrogens with one attached hydrogen (secondary N) is 1. The molecule has 1 N–H and O–H groups in total. The van der Waals surface area contributed by atoms with Crippen LogP contribution < -0.4 is 5.32 Å². The molecule has 1 aliphatic carbocycles. The Labute approximate surface area is 169 Å². The van der Waals surface area contributed by atoms with Gasteiger partial charge >= 0.3 is 0 Å². The molecule has 146 valence electrons. The molecule has 2 amide bonds. The van der Waals surface area contributed by atoms with Gasteiger partial charge in [-0.1, -0.05) is 0 Å². The number of rotatable bonds is 5. The normalized spacial score (nSPS) is 19.3. The second-order valence-electron chi connectivity index (χ2n) is 7.50. The Morgan fingerprint density at radius 3 is 2.64 bits per heavy atom. The van der Waals surface area contributed by atoms with Crippen LogP contribution in [0.3, 0.4) is 0 Å². The summed E-state index contributed by atoms with van der Waals surface area (Å²) in [5, 5.41) is 3.75. The Balaban J connectivity index is 1.37. The van der Waals surface area contributed by atoms with Crippen LogP contribution in [0.1, 0.15) is 31.2 Å². The van der Waals surface area contributed by atoms with Crippen molar-refractivity contribution in [2.45, 2.75) is 42.7 Å². The Kier molecular flexibility index (Phi) is 5.62. The van der Waals surface area contributed by atoms with E-state index in [0.29, 0.717) is 11.7 Å². The predicted octanol–water partition coefficient (Wildman–Crippen LogP) is 3.52. The molecule has 2 heterocycles. The first-order valence-electron chi connectivity index (χ1n) is 9.75. The molecule has 2 fully saturated rings. The van der Waals surface area contributed by atoms with Gasteiger partial charge < -0.3 is 10.2 Å². The molecule has 1 aliphatic heterocycles. The molecule has 28 heavy (non-hydrogen) atoms. The highest BCUT2D eigenvalue weighted by Crippen LogP contribution is 2.33. The first-order chi connectivity index (χ1) is 13.6. The van der Waals surface area contributed by atoms with Crippen LogP contribution in [0.15, 0.2) is 46.7 Å². The van der Waals surface area contributed by atoms with Crippen molar-refractivity contribution in [1.29, 1.82) is 0 Å². The lowest BCUT2D eigenvalue weighted by Crippen LogP contribution is -2.44. The van der Waals surface area contributed by atoms with Crippen LogP contribution in [0.2, 0.25) is 0 Å². The number of likely N-dealkylation sites (tertiary alicyclic amines) is 1. The monoisotopic (exact) mass is 396 g/mol. The molecule has 1 aromatic heterocycles. The number of nitrogens with zero attached hydrogens (tertiary/aromatic N) is 3. The van der Waals surface area contributed by atoms with E-state index in [4.69, 9.17) is 0 Å². The summed E-state index contributed by atoms with van der Waals surface area (Å²) in [5.41, 5.74) is 1.81. The number of piperidine rings is 1. The quantitative estimate of drug-likeness (QED) is 0.783.